The highest BCUT2D eigenvalue weighted by Crippen LogP contribution is 2.34. The zero-order valence-corrected chi connectivity index (χ0v) is 17.5. The SMILES string of the molecule is C[C@@H](Nc1nc2nccn2c2ccc(-c3cccnc3)cc12)c1cc(N)cc(C(F)(F)F)c1. The second-order valence-corrected chi connectivity index (χ2v) is 7.78. The van der Waals surface area contributed by atoms with Crippen molar-refractivity contribution in [2.45, 2.75) is 19.1 Å². The van der Waals surface area contributed by atoms with Crippen LogP contribution in [0.25, 0.3) is 27.8 Å². The topological polar surface area (TPSA) is 81.1 Å². The van der Waals surface area contributed by atoms with Gasteiger partial charge in [-0.3, -0.25) is 9.38 Å². The molecule has 33 heavy (non-hydrogen) atoms. The van der Waals surface area contributed by atoms with Crippen LogP contribution in [0, 0.1) is 0 Å². The summed E-state index contributed by atoms with van der Waals surface area (Å²) in [5, 5.41) is 4.06. The largest absolute Gasteiger partial charge is 0.416 e. The predicted molar refractivity (Wildman–Crippen MR) is 122 cm³/mol. The molecule has 0 bridgehead atoms. The molecule has 3 N–H and O–H groups in total. The van der Waals surface area contributed by atoms with Gasteiger partial charge in [0.05, 0.1) is 17.1 Å². The lowest BCUT2D eigenvalue weighted by Crippen LogP contribution is -2.12. The minimum Gasteiger partial charge on any atom is -0.399 e. The highest BCUT2D eigenvalue weighted by molar-refractivity contribution is 5.94. The Kier molecular flexibility index (Phi) is 4.88. The Morgan fingerprint density at radius 2 is 1.88 bits per heavy atom. The molecule has 3 aromatic heterocycles. The number of nitrogens with two attached hydrogens (primary N) is 1. The predicted octanol–water partition coefficient (Wildman–Crippen LogP) is 5.72. The summed E-state index contributed by atoms with van der Waals surface area (Å²) in [5.74, 6) is 0.993. The van der Waals surface area contributed by atoms with E-state index >= 15 is 0 Å². The number of halogens is 3. The van der Waals surface area contributed by atoms with Crippen LogP contribution in [0.4, 0.5) is 24.7 Å². The zero-order chi connectivity index (χ0) is 23.2. The van der Waals surface area contributed by atoms with Gasteiger partial charge >= 0.3 is 6.18 Å². The molecule has 0 amide bonds. The molecule has 2 aromatic carbocycles. The number of benzene rings is 2. The average Bonchev–Trinajstić information content (AvgIpc) is 3.27. The second kappa shape index (κ2) is 7.77. The Bertz CT molecular complexity index is 1460. The van der Waals surface area contributed by atoms with Crippen molar-refractivity contribution < 1.29 is 13.2 Å². The Balaban J connectivity index is 1.61. The van der Waals surface area contributed by atoms with E-state index in [0.717, 1.165) is 34.2 Å². The minimum atomic E-state index is -4.48. The molecule has 1 atom stereocenters. The number of rotatable bonds is 4. The molecule has 5 aromatic rings. The van der Waals surface area contributed by atoms with Gasteiger partial charge in [-0.1, -0.05) is 12.1 Å². The minimum absolute atomic E-state index is 0.0499. The molecule has 0 fully saturated rings. The van der Waals surface area contributed by atoms with Gasteiger partial charge in [-0.25, -0.2) is 4.98 Å². The standard InChI is InChI=1S/C24H19F3N6/c1-14(17-9-18(24(25,26)27)12-19(28)10-17)31-22-20-11-15(16-3-2-6-29-13-16)4-5-21(20)33-8-7-30-23(33)32-22/h2-14H,28H2,1H3,(H,30,31,32)/t14-/m1/s1. The van der Waals surface area contributed by atoms with Gasteiger partial charge in [-0.05, 0) is 54.4 Å². The molecule has 0 saturated carbocycles. The van der Waals surface area contributed by atoms with Crippen molar-refractivity contribution in [2.24, 2.45) is 0 Å². The molecule has 0 saturated heterocycles. The van der Waals surface area contributed by atoms with Gasteiger partial charge in [0.25, 0.3) is 0 Å². The van der Waals surface area contributed by atoms with E-state index in [9.17, 15) is 13.2 Å². The van der Waals surface area contributed by atoms with Crippen LogP contribution in [0.1, 0.15) is 24.1 Å². The van der Waals surface area contributed by atoms with E-state index < -0.39 is 17.8 Å². The van der Waals surface area contributed by atoms with Crippen LogP contribution in [0.3, 0.4) is 0 Å². The van der Waals surface area contributed by atoms with E-state index in [1.807, 2.05) is 40.9 Å². The van der Waals surface area contributed by atoms with Crippen molar-refractivity contribution in [2.75, 3.05) is 11.1 Å². The van der Waals surface area contributed by atoms with E-state index in [1.165, 1.54) is 6.07 Å². The third-order valence-corrected chi connectivity index (χ3v) is 5.50. The molecule has 9 heteroatoms. The fourth-order valence-electron chi connectivity index (χ4n) is 3.86. The third kappa shape index (κ3) is 3.93. The van der Waals surface area contributed by atoms with Gasteiger partial charge in [-0.2, -0.15) is 18.2 Å². The number of nitrogen functional groups attached to an aromatic ring is 1. The lowest BCUT2D eigenvalue weighted by atomic mass is 10.0. The fraction of sp³-hybridized carbons (Fsp3) is 0.125. The quantitative estimate of drug-likeness (QED) is 0.344. The van der Waals surface area contributed by atoms with Gasteiger partial charge in [0.2, 0.25) is 5.78 Å². The number of pyridine rings is 1. The van der Waals surface area contributed by atoms with Crippen molar-refractivity contribution in [1.29, 1.82) is 0 Å². The highest BCUT2D eigenvalue weighted by Gasteiger charge is 2.31. The van der Waals surface area contributed by atoms with Crippen molar-refractivity contribution in [1.82, 2.24) is 19.4 Å². The summed E-state index contributed by atoms with van der Waals surface area (Å²) in [4.78, 5) is 13.1. The number of fused-ring (bicyclic) bond motifs is 3. The number of nitrogens with zero attached hydrogens (tertiary/aromatic N) is 4. The number of nitrogens with one attached hydrogen (secondary N) is 1. The zero-order valence-electron chi connectivity index (χ0n) is 17.5. The maximum Gasteiger partial charge on any atom is 0.416 e. The van der Waals surface area contributed by atoms with Crippen LogP contribution in [-0.2, 0) is 6.18 Å². The van der Waals surface area contributed by atoms with Gasteiger partial charge in [0.1, 0.15) is 5.82 Å². The summed E-state index contributed by atoms with van der Waals surface area (Å²) in [5.41, 5.74) is 8.18. The van der Waals surface area contributed by atoms with Crippen LogP contribution in [0.2, 0.25) is 0 Å². The maximum absolute atomic E-state index is 13.3. The Morgan fingerprint density at radius 3 is 2.64 bits per heavy atom. The lowest BCUT2D eigenvalue weighted by Gasteiger charge is -2.19. The number of imidazole rings is 1. The summed E-state index contributed by atoms with van der Waals surface area (Å²) < 4.78 is 41.7. The molecule has 0 aliphatic carbocycles. The lowest BCUT2D eigenvalue weighted by molar-refractivity contribution is -0.137. The summed E-state index contributed by atoms with van der Waals surface area (Å²) in [6, 6.07) is 12.8. The van der Waals surface area contributed by atoms with E-state index in [1.54, 1.807) is 25.5 Å². The molecule has 0 spiro atoms. The summed E-state index contributed by atoms with van der Waals surface area (Å²) >= 11 is 0. The first-order valence-corrected chi connectivity index (χ1v) is 10.2. The molecule has 0 unspecified atom stereocenters. The number of alkyl halides is 3. The smallest absolute Gasteiger partial charge is 0.399 e. The van der Waals surface area contributed by atoms with Crippen molar-refractivity contribution in [3.63, 3.8) is 0 Å². The molecular weight excluding hydrogens is 429 g/mol. The summed E-state index contributed by atoms with van der Waals surface area (Å²) in [6.45, 7) is 1.77. The van der Waals surface area contributed by atoms with Crippen LogP contribution in [0.5, 0.6) is 0 Å². The number of aromatic nitrogens is 4. The van der Waals surface area contributed by atoms with Crippen molar-refractivity contribution in [3.8, 4) is 11.1 Å². The maximum atomic E-state index is 13.3. The van der Waals surface area contributed by atoms with Crippen LogP contribution in [0.15, 0.2) is 73.3 Å². The number of hydrogen-bond donors (Lipinski definition) is 2. The van der Waals surface area contributed by atoms with Gasteiger partial charge < -0.3 is 11.1 Å². The van der Waals surface area contributed by atoms with Gasteiger partial charge in [0.15, 0.2) is 0 Å². The molecule has 0 aliphatic rings. The number of anilines is 2. The number of hydrogen-bond acceptors (Lipinski definition) is 5. The molecule has 6 nitrogen and oxygen atoms in total. The molecule has 166 valence electrons. The molecule has 3 heterocycles. The Hall–Kier alpha value is -4.14. The van der Waals surface area contributed by atoms with E-state index in [-0.39, 0.29) is 5.69 Å². The van der Waals surface area contributed by atoms with Gasteiger partial charge in [-0.15, -0.1) is 0 Å². The van der Waals surface area contributed by atoms with Crippen LogP contribution >= 0.6 is 0 Å². The van der Waals surface area contributed by atoms with E-state index in [2.05, 4.69) is 20.3 Å². The fourth-order valence-corrected chi connectivity index (χ4v) is 3.86. The van der Waals surface area contributed by atoms with Crippen LogP contribution in [-0.4, -0.2) is 19.4 Å². The summed E-state index contributed by atoms with van der Waals surface area (Å²) in [7, 11) is 0. The molecule has 5 rings (SSSR count). The van der Waals surface area contributed by atoms with E-state index in [0.29, 0.717) is 17.2 Å². The first-order valence-electron chi connectivity index (χ1n) is 10.2. The first kappa shape index (κ1) is 20.7. The average molecular weight is 448 g/mol. The Morgan fingerprint density at radius 1 is 1.03 bits per heavy atom. The second-order valence-electron chi connectivity index (χ2n) is 7.78. The normalized spacial score (nSPS) is 12.8. The van der Waals surface area contributed by atoms with E-state index in [4.69, 9.17) is 5.73 Å². The monoisotopic (exact) mass is 448 g/mol. The first-order chi connectivity index (χ1) is 15.8. The van der Waals surface area contributed by atoms with Crippen molar-refractivity contribution in [3.05, 3.63) is 84.4 Å². The third-order valence-electron chi connectivity index (χ3n) is 5.50. The van der Waals surface area contributed by atoms with Crippen LogP contribution < -0.4 is 11.1 Å². The van der Waals surface area contributed by atoms with Crippen molar-refractivity contribution >= 4 is 28.2 Å². The molecule has 0 aliphatic heterocycles. The molecular formula is C24H19F3N6. The van der Waals surface area contributed by atoms with Gasteiger partial charge in [0, 0.05) is 41.4 Å². The highest BCUT2D eigenvalue weighted by atomic mass is 19.4. The Labute approximate surface area is 186 Å². The molecule has 0 radical (unpaired) electrons. The summed E-state index contributed by atoms with van der Waals surface area (Å²) in [6.07, 6.45) is 2.46.